The van der Waals surface area contributed by atoms with E-state index < -0.39 is 10.1 Å². The van der Waals surface area contributed by atoms with Crippen molar-refractivity contribution in [3.8, 4) is 0 Å². The first-order chi connectivity index (χ1) is 14.2. The minimum atomic E-state index is -3.91. The van der Waals surface area contributed by atoms with Gasteiger partial charge < -0.3 is 9.80 Å². The van der Waals surface area contributed by atoms with Gasteiger partial charge in [-0.2, -0.15) is 8.42 Å². The summed E-state index contributed by atoms with van der Waals surface area (Å²) in [5, 5.41) is 1.00. The molecular weight excluding hydrogens is 462 g/mol. The molecule has 30 heavy (non-hydrogen) atoms. The molecule has 172 valence electrons. The number of nitrogens with zero attached hydrogens (tertiary/aromatic N) is 3. The molecule has 2 heterocycles. The van der Waals surface area contributed by atoms with E-state index in [-0.39, 0.29) is 11.7 Å². The van der Waals surface area contributed by atoms with Crippen LogP contribution in [-0.2, 0) is 14.9 Å². The number of hydrogen-bond donors (Lipinski definition) is 1. The average Bonchev–Trinajstić information content (AvgIpc) is 3.24. The van der Waals surface area contributed by atoms with Crippen LogP contribution in [-0.4, -0.2) is 88.7 Å². The molecular formula is C19H33N3O4S4. The summed E-state index contributed by atoms with van der Waals surface area (Å²) in [6, 6.07) is 0. The van der Waals surface area contributed by atoms with Crippen molar-refractivity contribution < 1.29 is 17.8 Å². The third-order valence-electron chi connectivity index (χ3n) is 4.66. The van der Waals surface area contributed by atoms with Crippen LogP contribution in [0.5, 0.6) is 0 Å². The second kappa shape index (κ2) is 13.7. The van der Waals surface area contributed by atoms with Crippen molar-refractivity contribution in [2.24, 2.45) is 0 Å². The number of carbonyl (C=O) groups is 1. The van der Waals surface area contributed by atoms with E-state index in [0.717, 1.165) is 17.3 Å². The maximum absolute atomic E-state index is 12.1. The topological polar surface area (TPSA) is 81.2 Å². The SMILES string of the molecule is CCN(CC)CC.CCN1C(=O)C(=CC=C2SCCN2CCCS(=O)(=O)O)SC1=S. The molecule has 0 unspecified atom stereocenters. The Bertz CT molecular complexity index is 743. The Hall–Kier alpha value is -0.590. The smallest absolute Gasteiger partial charge is 0.266 e. The number of rotatable bonds is 9. The van der Waals surface area contributed by atoms with Gasteiger partial charge >= 0.3 is 0 Å². The van der Waals surface area contributed by atoms with E-state index in [4.69, 9.17) is 16.8 Å². The molecule has 7 nitrogen and oxygen atoms in total. The van der Waals surface area contributed by atoms with Crippen LogP contribution in [0.2, 0.25) is 0 Å². The summed E-state index contributed by atoms with van der Waals surface area (Å²) in [4.78, 5) is 18.7. The number of carbonyl (C=O) groups excluding carboxylic acids is 1. The van der Waals surface area contributed by atoms with Gasteiger partial charge in [-0.15, -0.1) is 11.8 Å². The Morgan fingerprint density at radius 3 is 2.27 bits per heavy atom. The largest absolute Gasteiger partial charge is 0.366 e. The van der Waals surface area contributed by atoms with Crippen molar-refractivity contribution in [1.29, 1.82) is 0 Å². The van der Waals surface area contributed by atoms with Crippen LogP contribution in [0.15, 0.2) is 22.1 Å². The Labute approximate surface area is 195 Å². The molecule has 1 N–H and O–H groups in total. The second-order valence-corrected chi connectivity index (χ2v) is 10.9. The fourth-order valence-electron chi connectivity index (χ4n) is 2.88. The molecule has 0 aliphatic carbocycles. The van der Waals surface area contributed by atoms with Crippen LogP contribution in [0.1, 0.15) is 34.1 Å². The van der Waals surface area contributed by atoms with Gasteiger partial charge in [0.05, 0.1) is 15.7 Å². The van der Waals surface area contributed by atoms with Gasteiger partial charge in [-0.25, -0.2) is 0 Å². The lowest BCUT2D eigenvalue weighted by molar-refractivity contribution is -0.122. The van der Waals surface area contributed by atoms with Crippen molar-refractivity contribution in [3.63, 3.8) is 0 Å². The molecule has 11 heteroatoms. The van der Waals surface area contributed by atoms with Crippen molar-refractivity contribution >= 4 is 56.1 Å². The summed E-state index contributed by atoms with van der Waals surface area (Å²) in [7, 11) is -3.91. The van der Waals surface area contributed by atoms with Crippen LogP contribution in [0.3, 0.4) is 0 Å². The molecule has 0 aromatic carbocycles. The highest BCUT2D eigenvalue weighted by molar-refractivity contribution is 8.26. The highest BCUT2D eigenvalue weighted by Gasteiger charge is 2.30. The molecule has 0 aromatic heterocycles. The normalized spacial score (nSPS) is 19.9. The number of likely N-dealkylation sites (N-methyl/N-ethyl adjacent to an activating group) is 1. The minimum absolute atomic E-state index is 0.0692. The Morgan fingerprint density at radius 1 is 1.17 bits per heavy atom. The Balaban J connectivity index is 0.000000553. The molecule has 2 rings (SSSR count). The Morgan fingerprint density at radius 2 is 1.80 bits per heavy atom. The highest BCUT2D eigenvalue weighted by Crippen LogP contribution is 2.32. The first-order valence-corrected chi connectivity index (χ1v) is 14.0. The number of thiocarbonyl (C=S) groups is 1. The molecule has 2 aliphatic heterocycles. The van der Waals surface area contributed by atoms with Gasteiger partial charge in [-0.1, -0.05) is 44.8 Å². The Kier molecular flexibility index (Phi) is 12.6. The third-order valence-corrected chi connectivity index (χ3v) is 7.94. The van der Waals surface area contributed by atoms with Crippen LogP contribution < -0.4 is 0 Å². The summed E-state index contributed by atoms with van der Waals surface area (Å²) in [6.07, 6.45) is 4.03. The zero-order valence-electron chi connectivity index (χ0n) is 18.2. The standard InChI is InChI=1S/C13H18N2O4S4.C6H15N/c1-2-15-12(16)10(22-13(15)20)4-5-11-14(7-8-21-11)6-3-9-23(17,18)19;1-4-7(5-2)6-3/h4-5H,2-3,6-9H2,1H3,(H,17,18,19);4-6H2,1-3H3. The van der Waals surface area contributed by atoms with E-state index in [1.165, 1.54) is 31.4 Å². The molecule has 2 aliphatic rings. The van der Waals surface area contributed by atoms with E-state index in [2.05, 4.69) is 30.6 Å². The van der Waals surface area contributed by atoms with Crippen molar-refractivity contribution in [2.45, 2.75) is 34.1 Å². The first kappa shape index (κ1) is 27.4. The van der Waals surface area contributed by atoms with Crippen LogP contribution in [0.4, 0.5) is 0 Å². The lowest BCUT2D eigenvalue weighted by Gasteiger charge is -2.18. The maximum Gasteiger partial charge on any atom is 0.266 e. The molecule has 0 bridgehead atoms. The summed E-state index contributed by atoms with van der Waals surface area (Å²) in [5.74, 6) is 0.609. The molecule has 0 saturated carbocycles. The number of thioether (sulfide) groups is 2. The van der Waals surface area contributed by atoms with Gasteiger partial charge in [0.1, 0.15) is 4.32 Å². The van der Waals surface area contributed by atoms with Gasteiger partial charge in [-0.3, -0.25) is 14.2 Å². The van der Waals surface area contributed by atoms with Crippen LogP contribution in [0, 0.1) is 0 Å². The predicted molar refractivity (Wildman–Crippen MR) is 132 cm³/mol. The molecule has 0 radical (unpaired) electrons. The molecule has 2 saturated heterocycles. The molecule has 0 spiro atoms. The van der Waals surface area contributed by atoms with Crippen molar-refractivity contribution in [1.82, 2.24) is 14.7 Å². The van der Waals surface area contributed by atoms with E-state index in [1.54, 1.807) is 22.7 Å². The van der Waals surface area contributed by atoms with Crippen LogP contribution in [0.25, 0.3) is 0 Å². The first-order valence-electron chi connectivity index (χ1n) is 10.2. The summed E-state index contributed by atoms with van der Waals surface area (Å²) >= 11 is 8.13. The molecule has 0 atom stereocenters. The van der Waals surface area contributed by atoms with Crippen molar-refractivity contribution in [3.05, 3.63) is 22.1 Å². The number of allylic oxidation sites excluding steroid dienone is 2. The third kappa shape index (κ3) is 9.27. The number of hydrogen-bond acceptors (Lipinski definition) is 8. The van der Waals surface area contributed by atoms with Gasteiger partial charge in [0, 0.05) is 25.4 Å². The maximum atomic E-state index is 12.1. The molecule has 1 amide bonds. The van der Waals surface area contributed by atoms with E-state index >= 15 is 0 Å². The van der Waals surface area contributed by atoms with E-state index in [9.17, 15) is 13.2 Å². The zero-order chi connectivity index (χ0) is 22.7. The summed E-state index contributed by atoms with van der Waals surface area (Å²) < 4.78 is 30.9. The fourth-order valence-corrected chi connectivity index (χ4v) is 5.75. The predicted octanol–water partition coefficient (Wildman–Crippen LogP) is 3.27. The molecule has 0 aromatic rings. The average molecular weight is 496 g/mol. The monoisotopic (exact) mass is 495 g/mol. The van der Waals surface area contributed by atoms with Crippen LogP contribution >= 0.6 is 35.7 Å². The second-order valence-electron chi connectivity index (χ2n) is 6.55. The lowest BCUT2D eigenvalue weighted by Crippen LogP contribution is -2.27. The van der Waals surface area contributed by atoms with Gasteiger partial charge in [0.2, 0.25) is 0 Å². The van der Waals surface area contributed by atoms with Gasteiger partial charge in [-0.05, 0) is 45.1 Å². The quantitative estimate of drug-likeness (QED) is 0.294. The van der Waals surface area contributed by atoms with Gasteiger partial charge in [0.25, 0.3) is 16.0 Å². The summed E-state index contributed by atoms with van der Waals surface area (Å²) in [5.41, 5.74) is 0. The summed E-state index contributed by atoms with van der Waals surface area (Å²) in [6.45, 7) is 14.0. The highest BCUT2D eigenvalue weighted by atomic mass is 32.2. The minimum Gasteiger partial charge on any atom is -0.366 e. The fraction of sp³-hybridized carbons (Fsp3) is 0.684. The van der Waals surface area contributed by atoms with Gasteiger partial charge in [0.15, 0.2) is 0 Å². The van der Waals surface area contributed by atoms with E-state index in [0.29, 0.717) is 28.7 Å². The zero-order valence-corrected chi connectivity index (χ0v) is 21.4. The lowest BCUT2D eigenvalue weighted by atomic mass is 10.4. The van der Waals surface area contributed by atoms with Crippen molar-refractivity contribution in [2.75, 3.05) is 50.8 Å². The van der Waals surface area contributed by atoms with E-state index in [1.807, 2.05) is 13.0 Å². The molecule has 2 fully saturated rings. The number of amides is 1.